The van der Waals surface area contributed by atoms with Crippen LogP contribution in [0.3, 0.4) is 0 Å². The molecule has 2 amide bonds. The van der Waals surface area contributed by atoms with Crippen LogP contribution in [0.25, 0.3) is 0 Å². The van der Waals surface area contributed by atoms with Crippen molar-refractivity contribution in [3.8, 4) is 0 Å². The van der Waals surface area contributed by atoms with Crippen molar-refractivity contribution in [2.45, 2.75) is 71.0 Å². The third-order valence-corrected chi connectivity index (χ3v) is 8.49. The van der Waals surface area contributed by atoms with E-state index in [9.17, 15) is 22.4 Å². The molecule has 1 atom stereocenters. The molecule has 41 heavy (non-hydrogen) atoms. The van der Waals surface area contributed by atoms with Crippen LogP contribution in [0.4, 0.5) is 10.1 Å². The van der Waals surface area contributed by atoms with Gasteiger partial charge in [-0.3, -0.25) is 13.9 Å². The largest absolute Gasteiger partial charge is 0.350 e. The van der Waals surface area contributed by atoms with E-state index in [1.807, 2.05) is 27.7 Å². The molecule has 220 valence electrons. The van der Waals surface area contributed by atoms with Crippen LogP contribution < -0.4 is 9.62 Å². The summed E-state index contributed by atoms with van der Waals surface area (Å²) in [6, 6.07) is 15.9. The summed E-state index contributed by atoms with van der Waals surface area (Å²) < 4.78 is 42.7. The van der Waals surface area contributed by atoms with E-state index < -0.39 is 39.9 Å². The van der Waals surface area contributed by atoms with Crippen molar-refractivity contribution >= 4 is 39.1 Å². The highest BCUT2D eigenvalue weighted by molar-refractivity contribution is 7.92. The zero-order chi connectivity index (χ0) is 30.5. The van der Waals surface area contributed by atoms with Gasteiger partial charge in [0, 0.05) is 17.1 Å². The monoisotopic (exact) mass is 601 g/mol. The molecule has 10 heteroatoms. The van der Waals surface area contributed by atoms with E-state index in [1.54, 1.807) is 38.1 Å². The summed E-state index contributed by atoms with van der Waals surface area (Å²) in [5.41, 5.74) is 1.76. The van der Waals surface area contributed by atoms with Crippen molar-refractivity contribution in [3.05, 3.63) is 94.3 Å². The van der Waals surface area contributed by atoms with Crippen LogP contribution in [-0.4, -0.2) is 43.3 Å². The quantitative estimate of drug-likeness (QED) is 0.308. The molecule has 0 saturated heterocycles. The van der Waals surface area contributed by atoms with Crippen molar-refractivity contribution in [2.75, 3.05) is 10.8 Å². The fourth-order valence-corrected chi connectivity index (χ4v) is 6.00. The summed E-state index contributed by atoms with van der Waals surface area (Å²) >= 11 is 6.27. The number of carbonyl (C=O) groups excluding carboxylic acids is 2. The topological polar surface area (TPSA) is 86.8 Å². The molecular weight excluding hydrogens is 565 g/mol. The minimum Gasteiger partial charge on any atom is -0.350 e. The number of nitrogens with one attached hydrogen (secondary N) is 1. The smallest absolute Gasteiger partial charge is 0.264 e. The van der Waals surface area contributed by atoms with Crippen molar-refractivity contribution in [2.24, 2.45) is 0 Å². The van der Waals surface area contributed by atoms with Gasteiger partial charge in [-0.25, -0.2) is 12.8 Å². The van der Waals surface area contributed by atoms with Gasteiger partial charge in [-0.05, 0) is 88.6 Å². The van der Waals surface area contributed by atoms with Crippen LogP contribution >= 0.6 is 11.6 Å². The van der Waals surface area contributed by atoms with Crippen LogP contribution in [0.5, 0.6) is 0 Å². The van der Waals surface area contributed by atoms with E-state index in [4.69, 9.17) is 11.6 Å². The highest BCUT2D eigenvalue weighted by atomic mass is 35.5. The molecule has 0 radical (unpaired) electrons. The maximum Gasteiger partial charge on any atom is 0.264 e. The molecule has 0 fully saturated rings. The second-order valence-electron chi connectivity index (χ2n) is 11.1. The molecule has 3 aromatic rings. The van der Waals surface area contributed by atoms with Gasteiger partial charge in [0.1, 0.15) is 18.4 Å². The van der Waals surface area contributed by atoms with E-state index >= 15 is 0 Å². The zero-order valence-corrected chi connectivity index (χ0v) is 25.8. The Morgan fingerprint density at radius 1 is 0.976 bits per heavy atom. The second-order valence-corrected chi connectivity index (χ2v) is 13.4. The SMILES string of the molecule is CCC(C(=O)NC(C)(C)C)N(Cc1ccc(F)cc1)C(=O)CN(c1cc(Cl)ccc1C)S(=O)(=O)c1ccc(C)cc1. The molecule has 1 N–H and O–H groups in total. The third-order valence-electron chi connectivity index (χ3n) is 6.48. The summed E-state index contributed by atoms with van der Waals surface area (Å²) in [6.45, 7) is 10.2. The van der Waals surface area contributed by atoms with Crippen molar-refractivity contribution in [3.63, 3.8) is 0 Å². The Kier molecular flexibility index (Phi) is 10.2. The van der Waals surface area contributed by atoms with Gasteiger partial charge in [0.15, 0.2) is 0 Å². The molecule has 0 aliphatic carbocycles. The molecule has 3 aromatic carbocycles. The van der Waals surface area contributed by atoms with E-state index in [-0.39, 0.29) is 29.5 Å². The Hall–Kier alpha value is -3.43. The van der Waals surface area contributed by atoms with Gasteiger partial charge >= 0.3 is 0 Å². The van der Waals surface area contributed by atoms with Crippen LogP contribution in [-0.2, 0) is 26.2 Å². The predicted molar refractivity (Wildman–Crippen MR) is 161 cm³/mol. The first-order chi connectivity index (χ1) is 19.1. The van der Waals surface area contributed by atoms with Gasteiger partial charge in [-0.15, -0.1) is 0 Å². The molecule has 0 saturated carbocycles. The minimum absolute atomic E-state index is 0.0119. The lowest BCUT2D eigenvalue weighted by molar-refractivity contribution is -0.141. The van der Waals surface area contributed by atoms with E-state index in [0.29, 0.717) is 16.1 Å². The maximum absolute atomic E-state index is 14.1. The van der Waals surface area contributed by atoms with Gasteiger partial charge in [0.25, 0.3) is 10.0 Å². The van der Waals surface area contributed by atoms with Crippen LogP contribution in [0, 0.1) is 19.7 Å². The van der Waals surface area contributed by atoms with Gasteiger partial charge in [0.2, 0.25) is 11.8 Å². The Labute approximate surface area is 247 Å². The molecule has 0 bridgehead atoms. The predicted octanol–water partition coefficient (Wildman–Crippen LogP) is 6.01. The van der Waals surface area contributed by atoms with Gasteiger partial charge in [0.05, 0.1) is 10.6 Å². The standard InChI is InChI=1S/C31H37ClFN3O4S/c1-7-27(30(38)34-31(4,5)6)35(19-23-11-14-25(33)15-12-23)29(37)20-36(28-18-24(32)13-10-22(28)3)41(39,40)26-16-8-21(2)9-17-26/h8-18,27H,7,19-20H2,1-6H3,(H,34,38). The molecule has 3 rings (SSSR count). The van der Waals surface area contributed by atoms with Crippen LogP contribution in [0.1, 0.15) is 50.8 Å². The number of anilines is 1. The Morgan fingerprint density at radius 3 is 2.15 bits per heavy atom. The number of rotatable bonds is 10. The Balaban J connectivity index is 2.11. The van der Waals surface area contributed by atoms with Gasteiger partial charge < -0.3 is 10.2 Å². The summed E-state index contributed by atoms with van der Waals surface area (Å²) in [6.07, 6.45) is 0.274. The molecule has 1 unspecified atom stereocenters. The number of benzene rings is 3. The fourth-order valence-electron chi connectivity index (χ4n) is 4.36. The second kappa shape index (κ2) is 13.0. The van der Waals surface area contributed by atoms with E-state index in [2.05, 4.69) is 5.32 Å². The first-order valence-corrected chi connectivity index (χ1v) is 15.2. The first kappa shape index (κ1) is 32.1. The lowest BCUT2D eigenvalue weighted by Gasteiger charge is -2.35. The summed E-state index contributed by atoms with van der Waals surface area (Å²) in [5.74, 6) is -1.40. The molecule has 0 aliphatic rings. The highest BCUT2D eigenvalue weighted by Crippen LogP contribution is 2.30. The number of aryl methyl sites for hydroxylation is 2. The number of nitrogens with zero attached hydrogens (tertiary/aromatic N) is 2. The number of hydrogen-bond donors (Lipinski definition) is 1. The number of hydrogen-bond acceptors (Lipinski definition) is 4. The van der Waals surface area contributed by atoms with Crippen molar-refractivity contribution in [1.29, 1.82) is 0 Å². The third kappa shape index (κ3) is 8.30. The summed E-state index contributed by atoms with van der Waals surface area (Å²) in [7, 11) is -4.22. The van der Waals surface area contributed by atoms with E-state index in [1.165, 1.54) is 47.4 Å². The molecule has 0 aromatic heterocycles. The Bertz CT molecular complexity index is 1490. The first-order valence-electron chi connectivity index (χ1n) is 13.3. The van der Waals surface area contributed by atoms with Gasteiger partial charge in [-0.2, -0.15) is 0 Å². The molecular formula is C31H37ClFN3O4S. The molecule has 7 nitrogen and oxygen atoms in total. The average Bonchev–Trinajstić information content (AvgIpc) is 2.89. The van der Waals surface area contributed by atoms with Crippen molar-refractivity contribution in [1.82, 2.24) is 10.2 Å². The van der Waals surface area contributed by atoms with Gasteiger partial charge in [-0.1, -0.05) is 54.4 Å². The zero-order valence-electron chi connectivity index (χ0n) is 24.2. The number of halogens is 2. The number of amides is 2. The number of sulfonamides is 1. The molecule has 0 aliphatic heterocycles. The molecule has 0 heterocycles. The molecule has 0 spiro atoms. The summed E-state index contributed by atoms with van der Waals surface area (Å²) in [4.78, 5) is 28.9. The highest BCUT2D eigenvalue weighted by Gasteiger charge is 2.35. The lowest BCUT2D eigenvalue weighted by atomic mass is 10.1. The Morgan fingerprint density at radius 2 is 1.59 bits per heavy atom. The van der Waals surface area contributed by atoms with Crippen LogP contribution in [0.15, 0.2) is 71.6 Å². The summed E-state index contributed by atoms with van der Waals surface area (Å²) in [5, 5.41) is 3.23. The normalized spacial score (nSPS) is 12.5. The van der Waals surface area contributed by atoms with Crippen molar-refractivity contribution < 1.29 is 22.4 Å². The lowest BCUT2D eigenvalue weighted by Crippen LogP contribution is -2.55. The number of carbonyl (C=O) groups is 2. The maximum atomic E-state index is 14.1. The average molecular weight is 602 g/mol. The fraction of sp³-hybridized carbons (Fsp3) is 0.355. The van der Waals surface area contributed by atoms with E-state index in [0.717, 1.165) is 9.87 Å². The van der Waals surface area contributed by atoms with Crippen LogP contribution in [0.2, 0.25) is 5.02 Å². The minimum atomic E-state index is -4.22.